The van der Waals surface area contributed by atoms with Gasteiger partial charge in [-0.2, -0.15) is 0 Å². The van der Waals surface area contributed by atoms with Crippen LogP contribution < -0.4 is 4.90 Å². The van der Waals surface area contributed by atoms with Crippen LogP contribution in [0.5, 0.6) is 0 Å². The fourth-order valence-electron chi connectivity index (χ4n) is 2.45. The van der Waals surface area contributed by atoms with Crippen molar-refractivity contribution in [2.45, 2.75) is 19.4 Å². The summed E-state index contributed by atoms with van der Waals surface area (Å²) in [5.41, 5.74) is -0.0966. The summed E-state index contributed by atoms with van der Waals surface area (Å²) >= 11 is 0. The van der Waals surface area contributed by atoms with E-state index in [0.29, 0.717) is 6.07 Å². The van der Waals surface area contributed by atoms with Gasteiger partial charge in [-0.15, -0.1) is 0 Å². The Labute approximate surface area is 131 Å². The van der Waals surface area contributed by atoms with Gasteiger partial charge >= 0.3 is 5.97 Å². The molecule has 1 fully saturated rings. The summed E-state index contributed by atoms with van der Waals surface area (Å²) < 4.78 is 26.7. The minimum absolute atomic E-state index is 0.0725. The van der Waals surface area contributed by atoms with Crippen molar-refractivity contribution in [1.29, 1.82) is 0 Å². The Kier molecular flexibility index (Phi) is 4.63. The molecule has 1 saturated heterocycles. The Balaban J connectivity index is 2.16. The number of rotatable bonds is 4. The number of aliphatic carboxylic acids is 1. The zero-order valence-electron chi connectivity index (χ0n) is 12.6. The van der Waals surface area contributed by atoms with Crippen LogP contribution in [-0.2, 0) is 14.4 Å². The highest BCUT2D eigenvalue weighted by atomic mass is 19.1. The maximum atomic E-state index is 13.8. The van der Waals surface area contributed by atoms with Gasteiger partial charge in [-0.25, -0.2) is 13.6 Å². The number of halogens is 2. The van der Waals surface area contributed by atoms with Crippen molar-refractivity contribution in [3.63, 3.8) is 0 Å². The first-order chi connectivity index (χ1) is 10.7. The standard InChI is InChI=1S/C15H16F2N2O4/c1-8(15(22)23)18(2)14(21)9-5-13(20)19(7-9)12-4-3-10(16)6-11(12)17/h3-4,6,8-9H,5,7H2,1-2H3,(H,22,23). The fourth-order valence-corrected chi connectivity index (χ4v) is 2.45. The van der Waals surface area contributed by atoms with Crippen LogP contribution in [0.2, 0.25) is 0 Å². The van der Waals surface area contributed by atoms with Gasteiger partial charge in [0.1, 0.15) is 17.7 Å². The number of nitrogens with zero attached hydrogens (tertiary/aromatic N) is 2. The summed E-state index contributed by atoms with van der Waals surface area (Å²) in [5.74, 6) is -4.55. The molecule has 23 heavy (non-hydrogen) atoms. The zero-order valence-corrected chi connectivity index (χ0v) is 12.6. The lowest BCUT2D eigenvalue weighted by atomic mass is 10.1. The largest absolute Gasteiger partial charge is 0.480 e. The van der Waals surface area contributed by atoms with E-state index in [0.717, 1.165) is 21.9 Å². The summed E-state index contributed by atoms with van der Waals surface area (Å²) in [4.78, 5) is 37.4. The molecule has 1 aliphatic heterocycles. The molecule has 8 heteroatoms. The maximum absolute atomic E-state index is 13.8. The molecule has 6 nitrogen and oxygen atoms in total. The SMILES string of the molecule is CC(C(=O)O)N(C)C(=O)C1CC(=O)N(c2ccc(F)cc2F)C1. The number of carboxylic acid groups (broad SMARTS) is 1. The summed E-state index contributed by atoms with van der Waals surface area (Å²) in [6.07, 6.45) is -0.146. The number of hydrogen-bond acceptors (Lipinski definition) is 3. The van der Waals surface area contributed by atoms with Gasteiger partial charge in [-0.3, -0.25) is 9.59 Å². The summed E-state index contributed by atoms with van der Waals surface area (Å²) in [7, 11) is 1.34. The molecule has 1 heterocycles. The highest BCUT2D eigenvalue weighted by Gasteiger charge is 2.39. The second-order valence-corrected chi connectivity index (χ2v) is 5.46. The van der Waals surface area contributed by atoms with Crippen LogP contribution in [0.4, 0.5) is 14.5 Å². The van der Waals surface area contributed by atoms with Crippen molar-refractivity contribution < 1.29 is 28.3 Å². The highest BCUT2D eigenvalue weighted by Crippen LogP contribution is 2.29. The van der Waals surface area contributed by atoms with E-state index in [-0.39, 0.29) is 18.7 Å². The molecular formula is C15H16F2N2O4. The number of anilines is 1. The lowest BCUT2D eigenvalue weighted by Crippen LogP contribution is -2.43. The molecule has 2 atom stereocenters. The first kappa shape index (κ1) is 16.9. The molecule has 2 amide bonds. The summed E-state index contributed by atoms with van der Waals surface area (Å²) in [5, 5.41) is 8.93. The molecule has 2 unspecified atom stereocenters. The molecule has 0 saturated carbocycles. The van der Waals surface area contributed by atoms with Gasteiger partial charge in [0.15, 0.2) is 0 Å². The minimum Gasteiger partial charge on any atom is -0.480 e. The minimum atomic E-state index is -1.16. The number of likely N-dealkylation sites (N-methyl/N-ethyl adjacent to an activating group) is 1. The Morgan fingerprint density at radius 2 is 2.04 bits per heavy atom. The monoisotopic (exact) mass is 326 g/mol. The molecule has 1 aromatic carbocycles. The molecule has 1 N–H and O–H groups in total. The van der Waals surface area contributed by atoms with E-state index < -0.39 is 41.4 Å². The lowest BCUT2D eigenvalue weighted by Gasteiger charge is -2.24. The first-order valence-electron chi connectivity index (χ1n) is 6.97. The van der Waals surface area contributed by atoms with E-state index >= 15 is 0 Å². The topological polar surface area (TPSA) is 77.9 Å². The van der Waals surface area contributed by atoms with E-state index in [2.05, 4.69) is 0 Å². The molecule has 2 rings (SSSR count). The maximum Gasteiger partial charge on any atom is 0.326 e. The van der Waals surface area contributed by atoms with Crippen LogP contribution in [0.15, 0.2) is 18.2 Å². The normalized spacial score (nSPS) is 18.9. The van der Waals surface area contributed by atoms with E-state index in [9.17, 15) is 23.2 Å². The van der Waals surface area contributed by atoms with Crippen LogP contribution in [0.3, 0.4) is 0 Å². The van der Waals surface area contributed by atoms with Crippen LogP contribution in [-0.4, -0.2) is 47.4 Å². The van der Waals surface area contributed by atoms with Crippen LogP contribution in [0, 0.1) is 17.6 Å². The van der Waals surface area contributed by atoms with Crippen LogP contribution >= 0.6 is 0 Å². The fraction of sp³-hybridized carbons (Fsp3) is 0.400. The van der Waals surface area contributed by atoms with Crippen molar-refractivity contribution in [3.05, 3.63) is 29.8 Å². The Bertz CT molecular complexity index is 665. The first-order valence-corrected chi connectivity index (χ1v) is 6.97. The third kappa shape index (κ3) is 3.30. The molecule has 0 aromatic heterocycles. The van der Waals surface area contributed by atoms with E-state index in [1.165, 1.54) is 14.0 Å². The Morgan fingerprint density at radius 3 is 2.61 bits per heavy atom. The van der Waals surface area contributed by atoms with Gasteiger partial charge in [0.25, 0.3) is 0 Å². The smallest absolute Gasteiger partial charge is 0.326 e. The summed E-state index contributed by atoms with van der Waals surface area (Å²) in [6.45, 7) is 1.28. The molecule has 1 aromatic rings. The van der Waals surface area contributed by atoms with Crippen molar-refractivity contribution in [3.8, 4) is 0 Å². The van der Waals surface area contributed by atoms with Gasteiger partial charge in [0.05, 0.1) is 11.6 Å². The molecule has 0 bridgehead atoms. The number of carbonyl (C=O) groups is 3. The number of hydrogen-bond donors (Lipinski definition) is 1. The molecule has 1 aliphatic rings. The average Bonchev–Trinajstić information content (AvgIpc) is 2.86. The summed E-state index contributed by atoms with van der Waals surface area (Å²) in [6, 6.07) is 1.80. The average molecular weight is 326 g/mol. The van der Waals surface area contributed by atoms with Crippen molar-refractivity contribution in [1.82, 2.24) is 4.90 Å². The Morgan fingerprint density at radius 1 is 1.39 bits per heavy atom. The van der Waals surface area contributed by atoms with Crippen molar-refractivity contribution in [2.24, 2.45) is 5.92 Å². The molecule has 0 radical (unpaired) electrons. The van der Waals surface area contributed by atoms with Gasteiger partial charge in [0.2, 0.25) is 11.8 Å². The number of amides is 2. The number of carboxylic acids is 1. The molecule has 0 spiro atoms. The van der Waals surface area contributed by atoms with Crippen LogP contribution in [0.25, 0.3) is 0 Å². The predicted octanol–water partition coefficient (Wildman–Crippen LogP) is 1.25. The third-order valence-electron chi connectivity index (χ3n) is 3.96. The van der Waals surface area contributed by atoms with Gasteiger partial charge in [0, 0.05) is 26.1 Å². The van der Waals surface area contributed by atoms with Gasteiger partial charge < -0.3 is 14.9 Å². The molecule has 0 aliphatic carbocycles. The zero-order chi connectivity index (χ0) is 17.3. The number of carbonyl (C=O) groups excluding carboxylic acids is 2. The molecule has 124 valence electrons. The Hall–Kier alpha value is -2.51. The lowest BCUT2D eigenvalue weighted by molar-refractivity contribution is -0.149. The van der Waals surface area contributed by atoms with Crippen molar-refractivity contribution in [2.75, 3.05) is 18.5 Å². The quantitative estimate of drug-likeness (QED) is 0.903. The number of benzene rings is 1. The van der Waals surface area contributed by atoms with Crippen molar-refractivity contribution >= 4 is 23.5 Å². The highest BCUT2D eigenvalue weighted by molar-refractivity contribution is 6.00. The van der Waals surface area contributed by atoms with Gasteiger partial charge in [-0.05, 0) is 19.1 Å². The molecular weight excluding hydrogens is 310 g/mol. The third-order valence-corrected chi connectivity index (χ3v) is 3.96. The second kappa shape index (κ2) is 6.31. The van der Waals surface area contributed by atoms with Gasteiger partial charge in [-0.1, -0.05) is 0 Å². The predicted molar refractivity (Wildman–Crippen MR) is 76.7 cm³/mol. The second-order valence-electron chi connectivity index (χ2n) is 5.46. The van der Waals surface area contributed by atoms with E-state index in [1.807, 2.05) is 0 Å². The van der Waals surface area contributed by atoms with E-state index in [1.54, 1.807) is 0 Å². The van der Waals surface area contributed by atoms with Crippen LogP contribution in [0.1, 0.15) is 13.3 Å². The van der Waals surface area contributed by atoms with E-state index in [4.69, 9.17) is 5.11 Å².